The molecule has 348 valence electrons. The number of benzene rings is 10. The van der Waals surface area contributed by atoms with Crippen molar-refractivity contribution in [1.82, 2.24) is 0 Å². The minimum absolute atomic E-state index is 0.0263. The van der Waals surface area contributed by atoms with Gasteiger partial charge in [0, 0.05) is 27.4 Å². The Morgan fingerprint density at radius 1 is 0.389 bits per heavy atom. The van der Waals surface area contributed by atoms with Gasteiger partial charge in [-0.05, 0) is 136 Å². The summed E-state index contributed by atoms with van der Waals surface area (Å²) in [6.45, 7) is 18.8. The first-order valence-corrected chi connectivity index (χ1v) is 25.8. The van der Waals surface area contributed by atoms with Gasteiger partial charge in [0.1, 0.15) is 11.2 Å². The Balaban J connectivity index is 1.07. The highest BCUT2D eigenvalue weighted by molar-refractivity contribution is 6.20. The Kier molecular flexibility index (Phi) is 8.82. The van der Waals surface area contributed by atoms with Crippen LogP contribution in [-0.4, -0.2) is 0 Å². The number of rotatable bonds is 4. The van der Waals surface area contributed by atoms with Gasteiger partial charge in [-0.15, -0.1) is 0 Å². The van der Waals surface area contributed by atoms with Crippen molar-refractivity contribution in [2.75, 3.05) is 4.90 Å². The molecule has 3 aliphatic rings. The van der Waals surface area contributed by atoms with E-state index in [0.29, 0.717) is 0 Å². The topological polar surface area (TPSA) is 16.4 Å². The van der Waals surface area contributed by atoms with Gasteiger partial charge in [0.05, 0.1) is 22.2 Å². The Morgan fingerprint density at radius 2 is 0.958 bits per heavy atom. The zero-order valence-electron chi connectivity index (χ0n) is 42.4. The molecule has 11 aromatic rings. The third-order valence-electron chi connectivity index (χ3n) is 16.8. The average Bonchev–Trinajstić information content (AvgIpc) is 4.08. The normalized spacial score (nSPS) is 14.6. The first-order valence-electron chi connectivity index (χ1n) is 25.8. The van der Waals surface area contributed by atoms with Crippen LogP contribution in [-0.2, 0) is 21.7 Å². The lowest BCUT2D eigenvalue weighted by Gasteiger charge is -2.33. The second-order valence-electron chi connectivity index (χ2n) is 23.2. The molecular weight excluding hydrogens is 871 g/mol. The highest BCUT2D eigenvalue weighted by Crippen LogP contribution is 2.64. The lowest BCUT2D eigenvalue weighted by Crippen LogP contribution is -2.27. The van der Waals surface area contributed by atoms with E-state index in [2.05, 4.69) is 260 Å². The molecule has 2 heteroatoms. The van der Waals surface area contributed by atoms with Crippen LogP contribution in [0, 0.1) is 0 Å². The Morgan fingerprint density at radius 3 is 1.69 bits per heavy atom. The van der Waals surface area contributed by atoms with Crippen LogP contribution in [0.5, 0.6) is 0 Å². The smallest absolute Gasteiger partial charge is 0.143 e. The van der Waals surface area contributed by atoms with Crippen molar-refractivity contribution in [3.63, 3.8) is 0 Å². The second-order valence-corrected chi connectivity index (χ2v) is 23.2. The molecule has 0 bridgehead atoms. The van der Waals surface area contributed by atoms with Crippen LogP contribution in [0.1, 0.15) is 99.9 Å². The molecule has 1 spiro atoms. The number of anilines is 3. The van der Waals surface area contributed by atoms with E-state index in [9.17, 15) is 0 Å². The Labute approximate surface area is 423 Å². The van der Waals surface area contributed by atoms with Gasteiger partial charge in [0.2, 0.25) is 0 Å². The van der Waals surface area contributed by atoms with Gasteiger partial charge in [-0.3, -0.25) is 0 Å². The molecule has 0 saturated carbocycles. The van der Waals surface area contributed by atoms with Crippen LogP contribution in [0.25, 0.3) is 77.2 Å². The van der Waals surface area contributed by atoms with Gasteiger partial charge in [-0.2, -0.15) is 0 Å². The van der Waals surface area contributed by atoms with E-state index >= 15 is 0 Å². The third kappa shape index (κ3) is 5.78. The Hall–Kier alpha value is -7.94. The highest BCUT2D eigenvalue weighted by atomic mass is 16.3. The lowest BCUT2D eigenvalue weighted by atomic mass is 9.69. The van der Waals surface area contributed by atoms with Gasteiger partial charge in [0.15, 0.2) is 0 Å². The summed E-state index contributed by atoms with van der Waals surface area (Å²) >= 11 is 0. The maximum Gasteiger partial charge on any atom is 0.143 e. The van der Waals surface area contributed by atoms with Crippen molar-refractivity contribution in [3.05, 3.63) is 245 Å². The summed E-state index contributed by atoms with van der Waals surface area (Å²) in [5, 5.41) is 4.48. The molecule has 72 heavy (non-hydrogen) atoms. The van der Waals surface area contributed by atoms with Crippen LogP contribution < -0.4 is 4.90 Å². The molecule has 0 saturated heterocycles. The van der Waals surface area contributed by atoms with Crippen molar-refractivity contribution < 1.29 is 4.42 Å². The van der Waals surface area contributed by atoms with Crippen molar-refractivity contribution in [2.45, 2.75) is 77.0 Å². The summed E-state index contributed by atoms with van der Waals surface area (Å²) in [6, 6.07) is 76.0. The highest BCUT2D eigenvalue weighted by Gasteiger charge is 2.52. The standard InChI is InChI=1S/C70H57NO/c1-67(2,3)43-32-36-48-49-37-33-44(68(4,5)6)40-60(49)70(59(48)39-43)56-26-15-11-21-47(56)54-41-45(34-38-57(54)70)71(62-29-18-30-63-65(62)53-35-31-42-19-9-10-20-46(42)66(53)72-63)61-28-16-13-22-50(61)51-24-17-27-58-64(51)52-23-12-14-25-55(52)69(58,7)8/h9-41H,1-8H3. The maximum atomic E-state index is 6.96. The number of hydrogen-bond acceptors (Lipinski definition) is 2. The van der Waals surface area contributed by atoms with E-state index in [0.717, 1.165) is 44.4 Å². The van der Waals surface area contributed by atoms with E-state index in [-0.39, 0.29) is 16.2 Å². The SMILES string of the molecule is CC(C)(C)c1ccc2c(c1)C1(c3ccccc3-c3cc(N(c4ccccc4-c4cccc5c4-c4ccccc4C5(C)C)c4cccc5oc6c7ccccc7ccc6c45)ccc31)c1cc(C(C)(C)C)ccc1-2. The molecule has 0 aliphatic heterocycles. The summed E-state index contributed by atoms with van der Waals surface area (Å²) in [5.41, 5.74) is 25.4. The van der Waals surface area contributed by atoms with Crippen molar-refractivity contribution in [3.8, 4) is 44.5 Å². The molecule has 0 N–H and O–H groups in total. The third-order valence-corrected chi connectivity index (χ3v) is 16.8. The molecule has 1 aromatic heterocycles. The molecule has 0 atom stereocenters. The maximum absolute atomic E-state index is 6.96. The number of hydrogen-bond donors (Lipinski definition) is 0. The molecule has 3 aliphatic carbocycles. The molecule has 0 radical (unpaired) electrons. The largest absolute Gasteiger partial charge is 0.455 e. The summed E-state index contributed by atoms with van der Waals surface area (Å²) in [6.07, 6.45) is 0. The van der Waals surface area contributed by atoms with E-state index in [1.807, 2.05) is 0 Å². The molecule has 0 amide bonds. The summed E-state index contributed by atoms with van der Waals surface area (Å²) in [4.78, 5) is 2.53. The van der Waals surface area contributed by atoms with Gasteiger partial charge >= 0.3 is 0 Å². The van der Waals surface area contributed by atoms with Crippen LogP contribution in [0.3, 0.4) is 0 Å². The molecule has 0 unspecified atom stereocenters. The van der Waals surface area contributed by atoms with Crippen molar-refractivity contribution in [1.29, 1.82) is 0 Å². The first-order chi connectivity index (χ1) is 34.7. The van der Waals surface area contributed by atoms with Gasteiger partial charge in [-0.25, -0.2) is 0 Å². The average molecular weight is 928 g/mol. The second kappa shape index (κ2) is 14.8. The van der Waals surface area contributed by atoms with E-state index < -0.39 is 5.41 Å². The predicted octanol–water partition coefficient (Wildman–Crippen LogP) is 19.1. The fourth-order valence-electron chi connectivity index (χ4n) is 13.3. The zero-order valence-corrected chi connectivity index (χ0v) is 42.4. The number of fused-ring (bicyclic) bond motifs is 18. The minimum atomic E-state index is -0.507. The monoisotopic (exact) mass is 927 g/mol. The van der Waals surface area contributed by atoms with Crippen molar-refractivity contribution in [2.24, 2.45) is 0 Å². The summed E-state index contributed by atoms with van der Waals surface area (Å²) in [5.74, 6) is 0. The zero-order chi connectivity index (χ0) is 49.1. The van der Waals surface area contributed by atoms with E-state index in [1.165, 1.54) is 94.4 Å². The van der Waals surface area contributed by atoms with Crippen LogP contribution in [0.2, 0.25) is 0 Å². The van der Waals surface area contributed by atoms with Crippen molar-refractivity contribution >= 4 is 49.8 Å². The Bertz CT molecular complexity index is 4040. The van der Waals surface area contributed by atoms with Gasteiger partial charge in [-0.1, -0.05) is 219 Å². The predicted molar refractivity (Wildman–Crippen MR) is 303 cm³/mol. The van der Waals surface area contributed by atoms with Crippen LogP contribution in [0.4, 0.5) is 17.1 Å². The number of furan rings is 1. The minimum Gasteiger partial charge on any atom is -0.455 e. The van der Waals surface area contributed by atoms with Crippen LogP contribution in [0.15, 0.2) is 205 Å². The quantitative estimate of drug-likeness (QED) is 0.175. The molecule has 2 nitrogen and oxygen atoms in total. The molecule has 0 fully saturated rings. The lowest BCUT2D eigenvalue weighted by molar-refractivity contribution is 0.586. The molecule has 14 rings (SSSR count). The molecule has 1 heterocycles. The van der Waals surface area contributed by atoms with Gasteiger partial charge < -0.3 is 9.32 Å². The number of para-hydroxylation sites is 1. The summed E-state index contributed by atoms with van der Waals surface area (Å²) in [7, 11) is 0. The van der Waals surface area contributed by atoms with E-state index in [4.69, 9.17) is 4.42 Å². The van der Waals surface area contributed by atoms with Crippen LogP contribution >= 0.6 is 0 Å². The summed E-state index contributed by atoms with van der Waals surface area (Å²) < 4.78 is 6.96. The van der Waals surface area contributed by atoms with E-state index in [1.54, 1.807) is 0 Å². The number of nitrogens with zero attached hydrogens (tertiary/aromatic N) is 1. The van der Waals surface area contributed by atoms with Gasteiger partial charge in [0.25, 0.3) is 0 Å². The molecule has 10 aromatic carbocycles. The molecular formula is C70H57NO. The first kappa shape index (κ1) is 42.9. The fraction of sp³-hybridized carbons (Fsp3) is 0.171. The fourth-order valence-corrected chi connectivity index (χ4v) is 13.3.